The summed E-state index contributed by atoms with van der Waals surface area (Å²) in [7, 11) is 1.95. The van der Waals surface area contributed by atoms with Crippen LogP contribution in [0.3, 0.4) is 0 Å². The third-order valence-corrected chi connectivity index (χ3v) is 3.96. The number of para-hydroxylation sites is 1. The zero-order valence-electron chi connectivity index (χ0n) is 13.3. The van der Waals surface area contributed by atoms with Gasteiger partial charge in [-0.15, -0.1) is 0 Å². The Morgan fingerprint density at radius 2 is 2.14 bits per heavy atom. The fourth-order valence-electron chi connectivity index (χ4n) is 2.37. The molecule has 1 amide bonds. The number of rotatable bonds is 8. The van der Waals surface area contributed by atoms with Gasteiger partial charge >= 0.3 is 0 Å². The Kier molecular flexibility index (Phi) is 5.62. The molecule has 1 unspecified atom stereocenters. The van der Waals surface area contributed by atoms with E-state index in [1.54, 1.807) is 0 Å². The van der Waals surface area contributed by atoms with Crippen LogP contribution in [0.2, 0.25) is 0 Å². The number of likely N-dealkylation sites (N-methyl/N-ethyl adjacent to an activating group) is 1. The summed E-state index contributed by atoms with van der Waals surface area (Å²) in [5.74, 6) is 1.72. The molecule has 4 nitrogen and oxygen atoms in total. The lowest BCUT2D eigenvalue weighted by Gasteiger charge is -2.19. The van der Waals surface area contributed by atoms with Gasteiger partial charge in [-0.1, -0.05) is 18.2 Å². The highest BCUT2D eigenvalue weighted by atomic mass is 16.5. The number of hydrogen-bond donors (Lipinski definition) is 1. The number of carbonyl (C=O) groups excluding carboxylic acids is 1. The molecule has 4 heteroatoms. The molecule has 1 aromatic rings. The third kappa shape index (κ3) is 5.38. The van der Waals surface area contributed by atoms with Gasteiger partial charge in [-0.2, -0.15) is 0 Å². The molecule has 1 aliphatic carbocycles. The summed E-state index contributed by atoms with van der Waals surface area (Å²) in [6, 6.07) is 8.29. The second-order valence-electron chi connectivity index (χ2n) is 6.05. The molecule has 21 heavy (non-hydrogen) atoms. The Morgan fingerprint density at radius 1 is 1.43 bits per heavy atom. The highest BCUT2D eigenvalue weighted by molar-refractivity contribution is 5.78. The van der Waals surface area contributed by atoms with Gasteiger partial charge in [0, 0.05) is 12.6 Å². The molecule has 0 spiro atoms. The highest BCUT2D eigenvalue weighted by Gasteiger charge is 2.28. The van der Waals surface area contributed by atoms with E-state index in [2.05, 4.69) is 12.2 Å². The van der Waals surface area contributed by atoms with Crippen molar-refractivity contribution in [2.75, 3.05) is 26.7 Å². The van der Waals surface area contributed by atoms with Crippen LogP contribution in [0.1, 0.15) is 25.3 Å². The van der Waals surface area contributed by atoms with E-state index in [-0.39, 0.29) is 5.91 Å². The first-order valence-corrected chi connectivity index (χ1v) is 7.72. The second kappa shape index (κ2) is 7.46. The molecule has 0 aromatic heterocycles. The van der Waals surface area contributed by atoms with Crippen LogP contribution in [-0.2, 0) is 4.79 Å². The number of hydrogen-bond acceptors (Lipinski definition) is 3. The number of ether oxygens (including phenoxy) is 1. The minimum atomic E-state index is 0.104. The highest BCUT2D eigenvalue weighted by Crippen LogP contribution is 2.32. The maximum atomic E-state index is 11.9. The van der Waals surface area contributed by atoms with E-state index in [1.165, 1.54) is 12.8 Å². The number of carbonyl (C=O) groups is 1. The second-order valence-corrected chi connectivity index (χ2v) is 6.05. The molecule has 1 N–H and O–H groups in total. The van der Waals surface area contributed by atoms with Crippen LogP contribution in [0.25, 0.3) is 0 Å². The van der Waals surface area contributed by atoms with Crippen molar-refractivity contribution < 1.29 is 9.53 Å². The van der Waals surface area contributed by atoms with Gasteiger partial charge in [0.2, 0.25) is 5.91 Å². The van der Waals surface area contributed by atoms with Crippen molar-refractivity contribution in [3.63, 3.8) is 0 Å². The van der Waals surface area contributed by atoms with Crippen molar-refractivity contribution in [3.05, 3.63) is 29.8 Å². The van der Waals surface area contributed by atoms with E-state index in [0.717, 1.165) is 17.9 Å². The van der Waals surface area contributed by atoms with E-state index >= 15 is 0 Å². The average Bonchev–Trinajstić information content (AvgIpc) is 3.25. The smallest absolute Gasteiger partial charge is 0.234 e. The molecule has 1 aliphatic rings. The van der Waals surface area contributed by atoms with Gasteiger partial charge < -0.3 is 10.1 Å². The molecule has 116 valence electrons. The van der Waals surface area contributed by atoms with E-state index in [4.69, 9.17) is 4.74 Å². The van der Waals surface area contributed by atoms with Gasteiger partial charge in [0.05, 0.1) is 6.54 Å². The molecule has 0 bridgehead atoms. The maximum Gasteiger partial charge on any atom is 0.234 e. The van der Waals surface area contributed by atoms with E-state index in [1.807, 2.05) is 43.1 Å². The summed E-state index contributed by atoms with van der Waals surface area (Å²) in [5.41, 5.74) is 1.14. The summed E-state index contributed by atoms with van der Waals surface area (Å²) in [4.78, 5) is 13.9. The maximum absolute atomic E-state index is 11.9. The number of benzene rings is 1. The van der Waals surface area contributed by atoms with Gasteiger partial charge in [0.25, 0.3) is 0 Å². The van der Waals surface area contributed by atoms with Crippen molar-refractivity contribution in [1.29, 1.82) is 0 Å². The molecule has 0 heterocycles. The number of amides is 1. The summed E-state index contributed by atoms with van der Waals surface area (Å²) in [6.45, 7) is 5.88. The van der Waals surface area contributed by atoms with Crippen LogP contribution in [0, 0.1) is 12.8 Å². The third-order valence-electron chi connectivity index (χ3n) is 3.96. The zero-order chi connectivity index (χ0) is 15.2. The van der Waals surface area contributed by atoms with Crippen LogP contribution < -0.4 is 10.1 Å². The van der Waals surface area contributed by atoms with Crippen molar-refractivity contribution in [2.24, 2.45) is 5.92 Å². The Balaban J connectivity index is 1.63. The Bertz CT molecular complexity index is 472. The Labute approximate surface area is 127 Å². The molecule has 1 fully saturated rings. The van der Waals surface area contributed by atoms with Gasteiger partial charge in [-0.05, 0) is 51.3 Å². The minimum Gasteiger partial charge on any atom is -0.492 e. The summed E-state index contributed by atoms with van der Waals surface area (Å²) >= 11 is 0. The molecule has 0 saturated heterocycles. The van der Waals surface area contributed by atoms with Crippen molar-refractivity contribution in [2.45, 2.75) is 32.7 Å². The van der Waals surface area contributed by atoms with Crippen LogP contribution in [0.15, 0.2) is 24.3 Å². The normalized spacial score (nSPS) is 15.8. The molecule has 1 saturated carbocycles. The van der Waals surface area contributed by atoms with Gasteiger partial charge in [-0.25, -0.2) is 0 Å². The lowest BCUT2D eigenvalue weighted by molar-refractivity contribution is -0.122. The van der Waals surface area contributed by atoms with Gasteiger partial charge in [0.15, 0.2) is 0 Å². The van der Waals surface area contributed by atoms with Crippen LogP contribution in [-0.4, -0.2) is 43.6 Å². The molecule has 0 radical (unpaired) electrons. The standard InChI is InChI=1S/C17H26N2O2/c1-13-6-4-5-7-16(13)21-11-10-19(3)12-17(20)18-14(2)15-8-9-15/h4-7,14-15H,8-12H2,1-3H3,(H,18,20). The molecule has 1 atom stereocenters. The SMILES string of the molecule is Cc1ccccc1OCCN(C)CC(=O)NC(C)C1CC1. The number of nitrogens with zero attached hydrogens (tertiary/aromatic N) is 1. The minimum absolute atomic E-state index is 0.104. The van der Waals surface area contributed by atoms with Crippen molar-refractivity contribution >= 4 is 5.91 Å². The van der Waals surface area contributed by atoms with Gasteiger partial charge in [-0.3, -0.25) is 9.69 Å². The fraction of sp³-hybridized carbons (Fsp3) is 0.588. The molecule has 0 aliphatic heterocycles. The van der Waals surface area contributed by atoms with E-state index in [0.29, 0.717) is 25.1 Å². The first-order valence-electron chi connectivity index (χ1n) is 7.72. The average molecular weight is 290 g/mol. The first kappa shape index (κ1) is 15.8. The predicted octanol–water partition coefficient (Wildman–Crippen LogP) is 2.22. The quantitative estimate of drug-likeness (QED) is 0.798. The first-order chi connectivity index (χ1) is 10.1. The van der Waals surface area contributed by atoms with Crippen LogP contribution >= 0.6 is 0 Å². The van der Waals surface area contributed by atoms with Gasteiger partial charge in [0.1, 0.15) is 12.4 Å². The number of nitrogens with one attached hydrogen (secondary N) is 1. The monoisotopic (exact) mass is 290 g/mol. The molecule has 1 aromatic carbocycles. The molecular formula is C17H26N2O2. The fourth-order valence-corrected chi connectivity index (χ4v) is 2.37. The largest absolute Gasteiger partial charge is 0.492 e. The topological polar surface area (TPSA) is 41.6 Å². The van der Waals surface area contributed by atoms with E-state index < -0.39 is 0 Å². The van der Waals surface area contributed by atoms with Crippen molar-refractivity contribution in [1.82, 2.24) is 10.2 Å². The van der Waals surface area contributed by atoms with Crippen molar-refractivity contribution in [3.8, 4) is 5.75 Å². The summed E-state index contributed by atoms with van der Waals surface area (Å²) < 4.78 is 5.74. The van der Waals surface area contributed by atoms with E-state index in [9.17, 15) is 4.79 Å². The van der Waals surface area contributed by atoms with Crippen LogP contribution in [0.4, 0.5) is 0 Å². The predicted molar refractivity (Wildman–Crippen MR) is 84.5 cm³/mol. The summed E-state index contributed by atoms with van der Waals surface area (Å²) in [5, 5.41) is 3.07. The zero-order valence-corrected chi connectivity index (χ0v) is 13.3. The Morgan fingerprint density at radius 3 is 2.81 bits per heavy atom. The lowest BCUT2D eigenvalue weighted by Crippen LogP contribution is -2.41. The summed E-state index contributed by atoms with van der Waals surface area (Å²) in [6.07, 6.45) is 2.50. The van der Waals surface area contributed by atoms with Crippen LogP contribution in [0.5, 0.6) is 5.75 Å². The molecular weight excluding hydrogens is 264 g/mol. The molecule has 2 rings (SSSR count). The lowest BCUT2D eigenvalue weighted by atomic mass is 10.2. The Hall–Kier alpha value is -1.55. The number of aryl methyl sites for hydroxylation is 1.